The van der Waals surface area contributed by atoms with Crippen LogP contribution < -0.4 is 5.56 Å². The summed E-state index contributed by atoms with van der Waals surface area (Å²) in [5.74, 6) is 0. The number of likely N-dealkylation sites (tertiary alicyclic amines) is 1. The van der Waals surface area contributed by atoms with Gasteiger partial charge in [0.1, 0.15) is 0 Å². The van der Waals surface area contributed by atoms with Gasteiger partial charge in [-0.25, -0.2) is 4.68 Å². The molecule has 5 nitrogen and oxygen atoms in total. The number of piperidine rings is 1. The van der Waals surface area contributed by atoms with E-state index in [0.717, 1.165) is 35.6 Å². The average molecular weight is 362 g/mol. The Morgan fingerprint density at radius 1 is 1.07 bits per heavy atom. The van der Waals surface area contributed by atoms with Gasteiger partial charge in [0.2, 0.25) is 0 Å². The fraction of sp³-hybridized carbons (Fsp3) is 0.364. The molecule has 0 amide bonds. The Balaban J connectivity index is 1.69. The van der Waals surface area contributed by atoms with Gasteiger partial charge in [-0.3, -0.25) is 19.4 Å². The van der Waals surface area contributed by atoms with Crippen molar-refractivity contribution in [2.75, 3.05) is 6.54 Å². The molecule has 140 valence electrons. The lowest BCUT2D eigenvalue weighted by atomic mass is 9.98. The molecular weight excluding hydrogens is 336 g/mol. The second-order valence-electron chi connectivity index (χ2n) is 7.28. The summed E-state index contributed by atoms with van der Waals surface area (Å²) in [4.78, 5) is 20.2. The third-order valence-electron chi connectivity index (χ3n) is 5.68. The van der Waals surface area contributed by atoms with E-state index >= 15 is 0 Å². The highest BCUT2D eigenvalue weighted by Crippen LogP contribution is 2.31. The first kappa shape index (κ1) is 17.7. The number of rotatable bonds is 4. The zero-order valence-electron chi connectivity index (χ0n) is 16.0. The van der Waals surface area contributed by atoms with Crippen molar-refractivity contribution in [1.29, 1.82) is 0 Å². The molecule has 0 bridgehead atoms. The standard InChI is InChI=1S/C22H26N4O/c1-17-19(22(27)26(24(17)2)18-10-4-3-5-11-18)16-25-15-9-7-13-21(25)20-12-6-8-14-23-20/h3-6,8,10-12,14,21H,7,9,13,15-16H2,1-2H3. The van der Waals surface area contributed by atoms with Crippen LogP contribution in [0.15, 0.2) is 59.5 Å². The first-order chi connectivity index (χ1) is 13.2. The number of hydrogen-bond acceptors (Lipinski definition) is 3. The molecule has 2 aromatic heterocycles. The van der Waals surface area contributed by atoms with E-state index in [-0.39, 0.29) is 11.6 Å². The van der Waals surface area contributed by atoms with E-state index in [2.05, 4.69) is 16.0 Å². The van der Waals surface area contributed by atoms with Crippen LogP contribution in [0, 0.1) is 6.92 Å². The maximum Gasteiger partial charge on any atom is 0.276 e. The second-order valence-corrected chi connectivity index (χ2v) is 7.28. The van der Waals surface area contributed by atoms with E-state index in [1.165, 1.54) is 12.8 Å². The molecule has 1 atom stereocenters. The lowest BCUT2D eigenvalue weighted by Gasteiger charge is -2.35. The van der Waals surface area contributed by atoms with Crippen molar-refractivity contribution in [3.05, 3.63) is 82.0 Å². The Kier molecular flexibility index (Phi) is 4.94. The predicted octanol–water partition coefficient (Wildman–Crippen LogP) is 3.61. The molecule has 0 spiro atoms. The molecule has 1 aliphatic rings. The maximum absolute atomic E-state index is 13.2. The maximum atomic E-state index is 13.2. The molecule has 1 fully saturated rings. The highest BCUT2D eigenvalue weighted by Gasteiger charge is 2.27. The number of para-hydroxylation sites is 1. The van der Waals surface area contributed by atoms with E-state index < -0.39 is 0 Å². The number of benzene rings is 1. The highest BCUT2D eigenvalue weighted by atomic mass is 16.1. The fourth-order valence-electron chi connectivity index (χ4n) is 4.10. The molecule has 5 heteroatoms. The minimum absolute atomic E-state index is 0.0755. The highest BCUT2D eigenvalue weighted by molar-refractivity contribution is 5.33. The summed E-state index contributed by atoms with van der Waals surface area (Å²) in [6.07, 6.45) is 5.33. The van der Waals surface area contributed by atoms with Gasteiger partial charge in [-0.15, -0.1) is 0 Å². The molecule has 0 aliphatic carbocycles. The molecular formula is C22H26N4O. The molecule has 0 N–H and O–H groups in total. The summed E-state index contributed by atoms with van der Waals surface area (Å²) < 4.78 is 3.73. The van der Waals surface area contributed by atoms with Crippen molar-refractivity contribution in [1.82, 2.24) is 19.2 Å². The zero-order chi connectivity index (χ0) is 18.8. The van der Waals surface area contributed by atoms with Gasteiger partial charge in [0.15, 0.2) is 0 Å². The van der Waals surface area contributed by atoms with Crippen molar-refractivity contribution in [3.8, 4) is 5.69 Å². The van der Waals surface area contributed by atoms with E-state index in [4.69, 9.17) is 0 Å². The smallest absolute Gasteiger partial charge is 0.276 e. The topological polar surface area (TPSA) is 43.1 Å². The van der Waals surface area contributed by atoms with E-state index in [1.807, 2.05) is 67.3 Å². The molecule has 1 aliphatic heterocycles. The van der Waals surface area contributed by atoms with Gasteiger partial charge in [-0.05, 0) is 50.6 Å². The minimum atomic E-state index is 0.0755. The monoisotopic (exact) mass is 362 g/mol. The van der Waals surface area contributed by atoms with Crippen molar-refractivity contribution >= 4 is 0 Å². The molecule has 0 saturated carbocycles. The first-order valence-electron chi connectivity index (χ1n) is 9.64. The van der Waals surface area contributed by atoms with Crippen LogP contribution in [0.5, 0.6) is 0 Å². The van der Waals surface area contributed by atoms with Gasteiger partial charge < -0.3 is 0 Å². The van der Waals surface area contributed by atoms with Crippen LogP contribution in [0.1, 0.15) is 42.3 Å². The van der Waals surface area contributed by atoms with Gasteiger partial charge in [0.25, 0.3) is 5.56 Å². The third kappa shape index (κ3) is 3.35. The normalized spacial score (nSPS) is 17.9. The first-order valence-corrected chi connectivity index (χ1v) is 9.64. The van der Waals surface area contributed by atoms with Gasteiger partial charge >= 0.3 is 0 Å². The summed E-state index contributed by atoms with van der Waals surface area (Å²) in [6.45, 7) is 3.70. The predicted molar refractivity (Wildman–Crippen MR) is 107 cm³/mol. The van der Waals surface area contributed by atoms with Crippen LogP contribution in [0.3, 0.4) is 0 Å². The Hall–Kier alpha value is -2.66. The number of aromatic nitrogens is 3. The number of hydrogen-bond donors (Lipinski definition) is 0. The van der Waals surface area contributed by atoms with Crippen LogP contribution in [0.25, 0.3) is 5.69 Å². The van der Waals surface area contributed by atoms with Crippen molar-refractivity contribution < 1.29 is 0 Å². The summed E-state index contributed by atoms with van der Waals surface area (Å²) in [6, 6.07) is 16.2. The minimum Gasteiger partial charge on any atom is -0.290 e. The zero-order valence-corrected chi connectivity index (χ0v) is 16.0. The van der Waals surface area contributed by atoms with Crippen molar-refractivity contribution in [2.45, 2.75) is 38.8 Å². The number of nitrogens with zero attached hydrogens (tertiary/aromatic N) is 4. The molecule has 27 heavy (non-hydrogen) atoms. The molecule has 1 saturated heterocycles. The van der Waals surface area contributed by atoms with Crippen LogP contribution in [-0.4, -0.2) is 25.8 Å². The van der Waals surface area contributed by atoms with Gasteiger partial charge in [0.05, 0.1) is 23.0 Å². The Bertz CT molecular complexity index is 959. The Morgan fingerprint density at radius 3 is 2.59 bits per heavy atom. The lowest BCUT2D eigenvalue weighted by Crippen LogP contribution is -2.35. The summed E-state index contributed by atoms with van der Waals surface area (Å²) >= 11 is 0. The molecule has 1 unspecified atom stereocenters. The SMILES string of the molecule is Cc1c(CN2CCCCC2c2ccccn2)c(=O)n(-c2ccccc2)n1C. The van der Waals surface area contributed by atoms with Crippen LogP contribution >= 0.6 is 0 Å². The molecule has 3 aromatic rings. The van der Waals surface area contributed by atoms with Crippen LogP contribution in [-0.2, 0) is 13.6 Å². The average Bonchev–Trinajstić information content (AvgIpc) is 2.93. The summed E-state index contributed by atoms with van der Waals surface area (Å²) in [5.41, 5.74) is 3.98. The van der Waals surface area contributed by atoms with E-state index in [1.54, 1.807) is 4.68 Å². The van der Waals surface area contributed by atoms with Crippen molar-refractivity contribution in [3.63, 3.8) is 0 Å². The second kappa shape index (κ2) is 7.53. The molecule has 4 rings (SSSR count). The van der Waals surface area contributed by atoms with Gasteiger partial charge in [0, 0.05) is 25.5 Å². The van der Waals surface area contributed by atoms with E-state index in [0.29, 0.717) is 6.54 Å². The van der Waals surface area contributed by atoms with Crippen LogP contribution in [0.4, 0.5) is 0 Å². The van der Waals surface area contributed by atoms with Gasteiger partial charge in [-0.2, -0.15) is 0 Å². The van der Waals surface area contributed by atoms with Gasteiger partial charge in [-0.1, -0.05) is 30.7 Å². The fourth-order valence-corrected chi connectivity index (χ4v) is 4.10. The summed E-state index contributed by atoms with van der Waals surface area (Å²) in [7, 11) is 1.96. The van der Waals surface area contributed by atoms with Crippen LogP contribution in [0.2, 0.25) is 0 Å². The lowest BCUT2D eigenvalue weighted by molar-refractivity contribution is 0.136. The molecule has 0 radical (unpaired) electrons. The summed E-state index contributed by atoms with van der Waals surface area (Å²) in [5, 5.41) is 0. The molecule has 3 heterocycles. The third-order valence-corrected chi connectivity index (χ3v) is 5.68. The largest absolute Gasteiger partial charge is 0.290 e. The van der Waals surface area contributed by atoms with E-state index in [9.17, 15) is 4.79 Å². The van der Waals surface area contributed by atoms with Crippen molar-refractivity contribution in [2.24, 2.45) is 7.05 Å². The Morgan fingerprint density at radius 2 is 1.85 bits per heavy atom. The quantitative estimate of drug-likeness (QED) is 0.712. The number of pyridine rings is 1. The Labute approximate surface area is 159 Å². The molecule has 1 aromatic carbocycles.